The second-order valence-corrected chi connectivity index (χ2v) is 12.2. The molecule has 46 heavy (non-hydrogen) atoms. The molecule has 7 atom stereocenters. The summed E-state index contributed by atoms with van der Waals surface area (Å²) in [6.45, 7) is -0.338. The third-order valence-electron chi connectivity index (χ3n) is 9.05. The van der Waals surface area contributed by atoms with Crippen molar-refractivity contribution < 1.29 is 38.5 Å². The SMILES string of the molecule is COC[C@H]1NC(=O)CC/C=C\CN(c2ccc(Cl)cc2)C(=O)[C@@H]2N(CCO)C(=O)[C@H]3[C@H](C(=O)O[C@@H]1c1ccccc1)[C@@H]1C=C[C@]23O1. The van der Waals surface area contributed by atoms with Gasteiger partial charge in [-0.25, -0.2) is 0 Å². The molecule has 4 heterocycles. The number of β-amino-alcohol motifs (C(OH)–C–C–N with tert-alkyl or cyclic N) is 1. The number of aliphatic hydroxyl groups is 1. The van der Waals surface area contributed by atoms with Crippen LogP contribution < -0.4 is 10.2 Å². The molecule has 0 radical (unpaired) electrons. The summed E-state index contributed by atoms with van der Waals surface area (Å²) in [5.41, 5.74) is -0.286. The molecular formula is C34H36ClN3O8. The number of hydrogen-bond donors (Lipinski definition) is 2. The summed E-state index contributed by atoms with van der Waals surface area (Å²) in [5.74, 6) is -4.03. The average molecular weight is 650 g/mol. The number of ether oxygens (including phenoxy) is 3. The molecule has 3 amide bonds. The Labute approximate surface area is 271 Å². The molecule has 4 aliphatic heterocycles. The third kappa shape index (κ3) is 5.72. The number of esters is 1. The Morgan fingerprint density at radius 3 is 2.52 bits per heavy atom. The number of aliphatic hydroxyl groups excluding tert-OH is 1. The highest BCUT2D eigenvalue weighted by Crippen LogP contribution is 2.56. The Bertz CT molecular complexity index is 1530. The first kappa shape index (κ1) is 31.9. The zero-order chi connectivity index (χ0) is 32.4. The van der Waals surface area contributed by atoms with Gasteiger partial charge in [-0.15, -0.1) is 0 Å². The quantitative estimate of drug-likeness (QED) is 0.360. The van der Waals surface area contributed by atoms with Gasteiger partial charge in [-0.2, -0.15) is 0 Å². The van der Waals surface area contributed by atoms with E-state index < -0.39 is 66.1 Å². The molecule has 242 valence electrons. The van der Waals surface area contributed by atoms with Gasteiger partial charge in [0, 0.05) is 37.3 Å². The number of nitrogens with one attached hydrogen (secondary N) is 1. The number of halogens is 1. The minimum absolute atomic E-state index is 0.0577. The molecule has 5 bridgehead atoms. The van der Waals surface area contributed by atoms with E-state index in [4.69, 9.17) is 25.8 Å². The standard InChI is InChI=1S/C34H36ClN3O8/c1-44-20-24-29(21-8-4-2-5-9-21)45-33(43)27-25-15-16-34(46-25)28(27)31(41)38(18-19-39)30(34)32(42)37(23-13-11-22(35)12-14-23)17-7-3-6-10-26(40)36-24/h2-5,7-9,11-16,24-25,27-30,39H,6,10,17-20H2,1H3,(H,36,40)/b7-3-/t24-,25+,27-,28-,29-,30+,34-/m1/s1. The number of allylic oxidation sites excluding steroid dienone is 1. The largest absolute Gasteiger partial charge is 0.455 e. The van der Waals surface area contributed by atoms with E-state index in [9.17, 15) is 24.3 Å². The fourth-order valence-electron chi connectivity index (χ4n) is 7.06. The van der Waals surface area contributed by atoms with E-state index in [1.54, 1.807) is 66.8 Å². The van der Waals surface area contributed by atoms with Gasteiger partial charge in [0.05, 0.1) is 31.3 Å². The van der Waals surface area contributed by atoms with Gasteiger partial charge in [0.2, 0.25) is 11.8 Å². The summed E-state index contributed by atoms with van der Waals surface area (Å²) in [4.78, 5) is 58.9. The van der Waals surface area contributed by atoms with E-state index >= 15 is 0 Å². The minimum Gasteiger partial charge on any atom is -0.455 e. The number of nitrogens with zero attached hydrogens (tertiary/aromatic N) is 2. The van der Waals surface area contributed by atoms with Crippen LogP contribution in [0.4, 0.5) is 5.69 Å². The number of anilines is 1. The van der Waals surface area contributed by atoms with Gasteiger partial charge in [0.1, 0.15) is 23.7 Å². The van der Waals surface area contributed by atoms with Crippen molar-refractivity contribution in [3.8, 4) is 0 Å². The molecule has 0 aliphatic carbocycles. The molecule has 2 N–H and O–H groups in total. The van der Waals surface area contributed by atoms with E-state index in [0.29, 0.717) is 22.7 Å². The number of carbonyl (C=O) groups excluding carboxylic acids is 4. The van der Waals surface area contributed by atoms with Crippen LogP contribution >= 0.6 is 11.6 Å². The maximum atomic E-state index is 14.6. The number of likely N-dealkylation sites (tertiary alicyclic amines) is 1. The van der Waals surface area contributed by atoms with E-state index in [1.165, 1.54) is 16.9 Å². The number of carbonyl (C=O) groups is 4. The third-order valence-corrected chi connectivity index (χ3v) is 9.30. The summed E-state index contributed by atoms with van der Waals surface area (Å²) in [6.07, 6.45) is 5.78. The molecule has 0 unspecified atom stereocenters. The fourth-order valence-corrected chi connectivity index (χ4v) is 7.19. The lowest BCUT2D eigenvalue weighted by Gasteiger charge is -2.35. The molecular weight excluding hydrogens is 614 g/mol. The molecule has 2 aromatic carbocycles. The summed E-state index contributed by atoms with van der Waals surface area (Å²) in [6, 6.07) is 13.9. The first-order chi connectivity index (χ1) is 22.3. The van der Waals surface area contributed by atoms with Gasteiger partial charge >= 0.3 is 5.97 Å². The minimum atomic E-state index is -1.46. The second kappa shape index (κ2) is 13.4. The molecule has 2 saturated heterocycles. The molecule has 0 aromatic heterocycles. The van der Waals surface area contributed by atoms with Crippen LogP contribution in [-0.2, 0) is 33.4 Å². The van der Waals surface area contributed by atoms with Crippen molar-refractivity contribution >= 4 is 41.0 Å². The van der Waals surface area contributed by atoms with Gasteiger partial charge in [-0.05, 0) is 36.2 Å². The second-order valence-electron chi connectivity index (χ2n) is 11.8. The summed E-state index contributed by atoms with van der Waals surface area (Å²) in [7, 11) is 1.50. The van der Waals surface area contributed by atoms with E-state index in [-0.39, 0.29) is 32.0 Å². The van der Waals surface area contributed by atoms with E-state index in [0.717, 1.165) is 0 Å². The first-order valence-electron chi connectivity index (χ1n) is 15.3. The fraction of sp³-hybridized carbons (Fsp3) is 0.412. The number of fused-ring (bicyclic) bond motifs is 2. The molecule has 1 spiro atoms. The number of cyclic esters (lactones) is 1. The van der Waals surface area contributed by atoms with Crippen LogP contribution in [0.5, 0.6) is 0 Å². The molecule has 6 rings (SSSR count). The van der Waals surface area contributed by atoms with Gasteiger partial charge < -0.3 is 34.4 Å². The van der Waals surface area contributed by atoms with Crippen molar-refractivity contribution in [1.82, 2.24) is 10.2 Å². The van der Waals surface area contributed by atoms with Crippen LogP contribution in [0.15, 0.2) is 78.9 Å². The van der Waals surface area contributed by atoms with Gasteiger partial charge in [-0.1, -0.05) is 66.2 Å². The van der Waals surface area contributed by atoms with Crippen molar-refractivity contribution in [2.24, 2.45) is 11.8 Å². The highest BCUT2D eigenvalue weighted by atomic mass is 35.5. The molecule has 2 aromatic rings. The normalized spacial score (nSPS) is 32.0. The van der Waals surface area contributed by atoms with Gasteiger partial charge in [0.15, 0.2) is 0 Å². The number of rotatable bonds is 6. The predicted molar refractivity (Wildman–Crippen MR) is 168 cm³/mol. The molecule has 11 nitrogen and oxygen atoms in total. The Morgan fingerprint density at radius 1 is 1.04 bits per heavy atom. The zero-order valence-electron chi connectivity index (χ0n) is 25.3. The Morgan fingerprint density at radius 2 is 1.80 bits per heavy atom. The van der Waals surface area contributed by atoms with Crippen LogP contribution in [0.2, 0.25) is 5.02 Å². The van der Waals surface area contributed by atoms with Crippen LogP contribution in [0.25, 0.3) is 0 Å². The van der Waals surface area contributed by atoms with Crippen LogP contribution in [0.1, 0.15) is 24.5 Å². The van der Waals surface area contributed by atoms with Crippen molar-refractivity contribution in [2.45, 2.75) is 42.7 Å². The highest BCUT2D eigenvalue weighted by Gasteiger charge is 2.73. The van der Waals surface area contributed by atoms with Crippen molar-refractivity contribution in [1.29, 1.82) is 0 Å². The Hall–Kier alpha value is -4.03. The number of benzene rings is 2. The average Bonchev–Trinajstić information content (AvgIpc) is 3.69. The lowest BCUT2D eigenvalue weighted by Crippen LogP contribution is -2.56. The molecule has 2 fully saturated rings. The van der Waals surface area contributed by atoms with E-state index in [2.05, 4.69) is 5.32 Å². The topological polar surface area (TPSA) is 135 Å². The van der Waals surface area contributed by atoms with Crippen LogP contribution in [-0.4, -0.2) is 90.9 Å². The zero-order valence-corrected chi connectivity index (χ0v) is 26.0. The first-order valence-corrected chi connectivity index (χ1v) is 15.7. The van der Waals surface area contributed by atoms with Crippen LogP contribution in [0, 0.1) is 11.8 Å². The highest BCUT2D eigenvalue weighted by molar-refractivity contribution is 6.30. The summed E-state index contributed by atoms with van der Waals surface area (Å²) >= 11 is 6.15. The van der Waals surface area contributed by atoms with Crippen molar-refractivity contribution in [2.75, 3.05) is 38.3 Å². The number of methoxy groups -OCH3 is 1. The monoisotopic (exact) mass is 649 g/mol. The Balaban J connectivity index is 1.44. The van der Waals surface area contributed by atoms with E-state index in [1.807, 2.05) is 12.1 Å². The number of amides is 3. The van der Waals surface area contributed by atoms with Crippen LogP contribution in [0.3, 0.4) is 0 Å². The van der Waals surface area contributed by atoms with Crippen molar-refractivity contribution in [3.05, 3.63) is 89.5 Å². The smallest absolute Gasteiger partial charge is 0.313 e. The molecule has 12 heteroatoms. The molecule has 4 aliphatic rings. The predicted octanol–water partition coefficient (Wildman–Crippen LogP) is 2.58. The van der Waals surface area contributed by atoms with Gasteiger partial charge in [-0.3, -0.25) is 19.2 Å². The summed E-state index contributed by atoms with van der Waals surface area (Å²) < 4.78 is 18.1. The molecule has 0 saturated carbocycles. The Kier molecular flexibility index (Phi) is 9.28. The van der Waals surface area contributed by atoms with Crippen molar-refractivity contribution in [3.63, 3.8) is 0 Å². The number of hydrogen-bond acceptors (Lipinski definition) is 8. The maximum absolute atomic E-state index is 14.6. The maximum Gasteiger partial charge on any atom is 0.313 e. The lowest BCUT2D eigenvalue weighted by atomic mass is 9.74. The lowest BCUT2D eigenvalue weighted by molar-refractivity contribution is -0.162. The summed E-state index contributed by atoms with van der Waals surface area (Å²) in [5, 5.41) is 13.4. The van der Waals surface area contributed by atoms with Gasteiger partial charge in [0.25, 0.3) is 5.91 Å².